The first-order chi connectivity index (χ1) is 9.87. The van der Waals surface area contributed by atoms with Crippen LogP contribution in [0.3, 0.4) is 0 Å². The smallest absolute Gasteiger partial charge is 0.321 e. The molecule has 21 heavy (non-hydrogen) atoms. The predicted octanol–water partition coefficient (Wildman–Crippen LogP) is 2.66. The molecule has 0 aromatic heterocycles. The first-order valence-electron chi connectivity index (χ1n) is 7.27. The highest BCUT2D eigenvalue weighted by atomic mass is 16.3. The van der Waals surface area contributed by atoms with Crippen molar-refractivity contribution in [1.29, 1.82) is 0 Å². The summed E-state index contributed by atoms with van der Waals surface area (Å²) < 4.78 is 0. The average Bonchev–Trinajstić information content (AvgIpc) is 2.60. The van der Waals surface area contributed by atoms with Crippen molar-refractivity contribution >= 4 is 17.5 Å². The zero-order chi connectivity index (χ0) is 15.5. The van der Waals surface area contributed by atoms with Gasteiger partial charge in [-0.25, -0.2) is 4.79 Å². The first-order valence-corrected chi connectivity index (χ1v) is 7.27. The number of nitrogens with one attached hydrogen (secondary N) is 1. The second-order valence-corrected chi connectivity index (χ2v) is 5.90. The molecule has 1 aromatic carbocycles. The SMILES string of the molecule is CC(=O)c1ccc(NC(=O)N2CCCC(C)(O)CC2)cc1. The number of Topliss-reactive ketones (excluding diaryl/α,β-unsaturated/α-hetero) is 1. The molecule has 1 aromatic rings. The van der Waals surface area contributed by atoms with Crippen LogP contribution in [0, 0.1) is 0 Å². The Morgan fingerprint density at radius 3 is 2.48 bits per heavy atom. The van der Waals surface area contributed by atoms with Gasteiger partial charge in [0.1, 0.15) is 0 Å². The van der Waals surface area contributed by atoms with Crippen LogP contribution in [0.1, 0.15) is 43.5 Å². The summed E-state index contributed by atoms with van der Waals surface area (Å²) in [5, 5.41) is 12.9. The highest BCUT2D eigenvalue weighted by Crippen LogP contribution is 2.22. The number of hydrogen-bond acceptors (Lipinski definition) is 3. The van der Waals surface area contributed by atoms with Gasteiger partial charge in [-0.15, -0.1) is 0 Å². The van der Waals surface area contributed by atoms with Gasteiger partial charge in [0, 0.05) is 24.3 Å². The van der Waals surface area contributed by atoms with Gasteiger partial charge in [-0.3, -0.25) is 4.79 Å². The second-order valence-electron chi connectivity index (χ2n) is 5.90. The number of aliphatic hydroxyl groups is 1. The Kier molecular flexibility index (Phi) is 4.63. The molecule has 5 heteroatoms. The molecule has 1 aliphatic rings. The number of anilines is 1. The Hall–Kier alpha value is -1.88. The maximum atomic E-state index is 12.2. The van der Waals surface area contributed by atoms with E-state index < -0.39 is 5.60 Å². The van der Waals surface area contributed by atoms with Crippen LogP contribution in [0.25, 0.3) is 0 Å². The van der Waals surface area contributed by atoms with E-state index in [4.69, 9.17) is 0 Å². The minimum atomic E-state index is -0.682. The molecule has 0 radical (unpaired) electrons. The minimum absolute atomic E-state index is 0.00243. The molecule has 1 heterocycles. The third-order valence-corrected chi connectivity index (χ3v) is 3.89. The van der Waals surface area contributed by atoms with Gasteiger partial charge in [0.25, 0.3) is 0 Å². The van der Waals surface area contributed by atoms with Crippen molar-refractivity contribution in [1.82, 2.24) is 4.90 Å². The molecule has 1 fully saturated rings. The third kappa shape index (κ3) is 4.29. The van der Waals surface area contributed by atoms with Gasteiger partial charge in [-0.1, -0.05) is 0 Å². The monoisotopic (exact) mass is 290 g/mol. The lowest BCUT2D eigenvalue weighted by Crippen LogP contribution is -2.36. The fourth-order valence-corrected chi connectivity index (χ4v) is 2.46. The van der Waals surface area contributed by atoms with Crippen LogP contribution in [0.5, 0.6) is 0 Å². The number of carbonyl (C=O) groups is 2. The summed E-state index contributed by atoms with van der Waals surface area (Å²) in [7, 11) is 0. The van der Waals surface area contributed by atoms with Crippen LogP contribution in [0.4, 0.5) is 10.5 Å². The number of ketones is 1. The molecule has 0 aliphatic carbocycles. The van der Waals surface area contributed by atoms with E-state index in [1.165, 1.54) is 6.92 Å². The Morgan fingerprint density at radius 1 is 1.19 bits per heavy atom. The molecule has 0 saturated carbocycles. The van der Waals surface area contributed by atoms with E-state index in [0.717, 1.165) is 6.42 Å². The summed E-state index contributed by atoms with van der Waals surface area (Å²) in [6, 6.07) is 6.69. The summed E-state index contributed by atoms with van der Waals surface area (Å²) in [6.45, 7) is 4.52. The molecule has 2 rings (SSSR count). The maximum absolute atomic E-state index is 12.2. The normalized spacial score (nSPS) is 22.5. The van der Waals surface area contributed by atoms with Gasteiger partial charge in [0.2, 0.25) is 0 Å². The van der Waals surface area contributed by atoms with Crippen LogP contribution in [0.2, 0.25) is 0 Å². The Bertz CT molecular complexity index is 523. The van der Waals surface area contributed by atoms with Gasteiger partial charge in [-0.2, -0.15) is 0 Å². The van der Waals surface area contributed by atoms with Crippen molar-refractivity contribution in [2.75, 3.05) is 18.4 Å². The Balaban J connectivity index is 1.96. The largest absolute Gasteiger partial charge is 0.390 e. The molecule has 0 bridgehead atoms. The van der Waals surface area contributed by atoms with E-state index >= 15 is 0 Å². The van der Waals surface area contributed by atoms with E-state index in [1.807, 2.05) is 6.92 Å². The number of rotatable bonds is 2. The number of likely N-dealkylation sites (tertiary alicyclic amines) is 1. The van der Waals surface area contributed by atoms with E-state index in [0.29, 0.717) is 37.2 Å². The molecule has 5 nitrogen and oxygen atoms in total. The quantitative estimate of drug-likeness (QED) is 0.823. The van der Waals surface area contributed by atoms with Crippen molar-refractivity contribution < 1.29 is 14.7 Å². The maximum Gasteiger partial charge on any atom is 0.321 e. The fraction of sp³-hybridized carbons (Fsp3) is 0.500. The fourth-order valence-electron chi connectivity index (χ4n) is 2.46. The molecule has 1 saturated heterocycles. The van der Waals surface area contributed by atoms with Crippen LogP contribution in [0.15, 0.2) is 24.3 Å². The number of nitrogens with zero attached hydrogens (tertiary/aromatic N) is 1. The lowest BCUT2D eigenvalue weighted by Gasteiger charge is -2.22. The van der Waals surface area contributed by atoms with Crippen LogP contribution < -0.4 is 5.32 Å². The van der Waals surface area contributed by atoms with Crippen molar-refractivity contribution in [3.63, 3.8) is 0 Å². The molecule has 2 amide bonds. The van der Waals surface area contributed by atoms with Gasteiger partial charge < -0.3 is 15.3 Å². The molecular formula is C16H22N2O3. The number of urea groups is 1. The summed E-state index contributed by atoms with van der Waals surface area (Å²) >= 11 is 0. The van der Waals surface area contributed by atoms with E-state index in [9.17, 15) is 14.7 Å². The molecule has 114 valence electrons. The lowest BCUT2D eigenvalue weighted by atomic mass is 9.98. The van der Waals surface area contributed by atoms with E-state index in [1.54, 1.807) is 29.2 Å². The predicted molar refractivity (Wildman–Crippen MR) is 81.5 cm³/mol. The molecule has 0 spiro atoms. The van der Waals surface area contributed by atoms with Gasteiger partial charge in [0.15, 0.2) is 5.78 Å². The van der Waals surface area contributed by atoms with Gasteiger partial charge in [0.05, 0.1) is 5.60 Å². The average molecular weight is 290 g/mol. The summed E-state index contributed by atoms with van der Waals surface area (Å²) in [6.07, 6.45) is 2.09. The number of amides is 2. The molecule has 1 unspecified atom stereocenters. The van der Waals surface area contributed by atoms with E-state index in [2.05, 4.69) is 5.32 Å². The summed E-state index contributed by atoms with van der Waals surface area (Å²) in [5.41, 5.74) is 0.609. The van der Waals surface area contributed by atoms with Crippen molar-refractivity contribution in [3.8, 4) is 0 Å². The van der Waals surface area contributed by atoms with Crippen molar-refractivity contribution in [2.45, 2.75) is 38.7 Å². The molecule has 1 aliphatic heterocycles. The lowest BCUT2D eigenvalue weighted by molar-refractivity contribution is 0.0458. The molecule has 2 N–H and O–H groups in total. The number of carbonyl (C=O) groups excluding carboxylic acids is 2. The first kappa shape index (κ1) is 15.5. The number of benzene rings is 1. The van der Waals surface area contributed by atoms with Crippen LogP contribution in [-0.2, 0) is 0 Å². The zero-order valence-corrected chi connectivity index (χ0v) is 12.6. The standard InChI is InChI=1S/C16H22N2O3/c1-12(19)13-4-6-14(7-5-13)17-15(20)18-10-3-8-16(2,21)9-11-18/h4-7,21H,3,8-11H2,1-2H3,(H,17,20). The van der Waals surface area contributed by atoms with Crippen molar-refractivity contribution in [2.24, 2.45) is 0 Å². The summed E-state index contributed by atoms with van der Waals surface area (Å²) in [4.78, 5) is 25.1. The van der Waals surface area contributed by atoms with Crippen molar-refractivity contribution in [3.05, 3.63) is 29.8 Å². The number of hydrogen-bond donors (Lipinski definition) is 2. The van der Waals surface area contributed by atoms with Crippen LogP contribution >= 0.6 is 0 Å². The highest BCUT2D eigenvalue weighted by Gasteiger charge is 2.26. The van der Waals surface area contributed by atoms with E-state index in [-0.39, 0.29) is 11.8 Å². The zero-order valence-electron chi connectivity index (χ0n) is 12.6. The summed E-state index contributed by atoms with van der Waals surface area (Å²) in [5.74, 6) is 0.00243. The minimum Gasteiger partial charge on any atom is -0.390 e. The van der Waals surface area contributed by atoms with Gasteiger partial charge in [-0.05, 0) is 57.4 Å². The Labute approximate surface area is 125 Å². The van der Waals surface area contributed by atoms with Gasteiger partial charge >= 0.3 is 6.03 Å². The topological polar surface area (TPSA) is 69.6 Å². The van der Waals surface area contributed by atoms with Crippen LogP contribution in [-0.4, -0.2) is 40.5 Å². The second kappa shape index (κ2) is 6.26. The molecule has 1 atom stereocenters. The molecular weight excluding hydrogens is 268 g/mol. The highest BCUT2D eigenvalue weighted by molar-refractivity contribution is 5.95. The third-order valence-electron chi connectivity index (χ3n) is 3.89. The Morgan fingerprint density at radius 2 is 1.86 bits per heavy atom.